The first-order valence-corrected chi connectivity index (χ1v) is 10.5. The maximum atomic E-state index is 13.3. The Bertz CT molecular complexity index is 1010. The summed E-state index contributed by atoms with van der Waals surface area (Å²) in [5.74, 6) is 1.66. The lowest BCUT2D eigenvalue weighted by atomic mass is 9.91. The fraction of sp³-hybridized carbons (Fsp3) is 0.348. The van der Waals surface area contributed by atoms with Crippen LogP contribution in [-0.4, -0.2) is 27.8 Å². The number of benzene rings is 2. The van der Waals surface area contributed by atoms with E-state index in [9.17, 15) is 4.79 Å². The Labute approximate surface area is 181 Å². The van der Waals surface area contributed by atoms with Crippen LogP contribution < -0.4 is 9.64 Å². The number of fused-ring (bicyclic) bond motifs is 1. The van der Waals surface area contributed by atoms with Gasteiger partial charge in [-0.25, -0.2) is 4.68 Å². The molecule has 1 aliphatic heterocycles. The first kappa shape index (κ1) is 20.4. The zero-order chi connectivity index (χ0) is 21.3. The van der Waals surface area contributed by atoms with Crippen LogP contribution in [0.2, 0.25) is 5.02 Å². The van der Waals surface area contributed by atoms with Gasteiger partial charge in [0, 0.05) is 11.4 Å². The van der Waals surface area contributed by atoms with Gasteiger partial charge in [-0.05, 0) is 47.7 Å². The molecule has 2 aromatic carbocycles. The van der Waals surface area contributed by atoms with E-state index in [1.807, 2.05) is 67.1 Å². The SMILES string of the molecule is COc1ccc([C@H]2C[C@H](c3ccc(Cl)cc3)n3ncnc3N2C(=O)CC(C)C)cc1. The molecule has 0 aliphatic carbocycles. The smallest absolute Gasteiger partial charge is 0.231 e. The highest BCUT2D eigenvalue weighted by molar-refractivity contribution is 6.30. The lowest BCUT2D eigenvalue weighted by Crippen LogP contribution is -2.43. The summed E-state index contributed by atoms with van der Waals surface area (Å²) in [5.41, 5.74) is 2.13. The van der Waals surface area contributed by atoms with Crippen LogP contribution in [0.25, 0.3) is 0 Å². The van der Waals surface area contributed by atoms with Gasteiger partial charge >= 0.3 is 0 Å². The lowest BCUT2D eigenvalue weighted by Gasteiger charge is -2.39. The molecule has 156 valence electrons. The molecule has 1 aromatic heterocycles. The standard InChI is InChI=1S/C23H25ClN4O2/c1-15(2)12-22(29)27-20(16-6-10-19(30-3)11-7-16)13-21(28-23(27)25-14-26-28)17-4-8-18(24)9-5-17/h4-11,14-15,20-21H,12-13H2,1-3H3/t20-,21-/m1/s1. The second-order valence-electron chi connectivity index (χ2n) is 7.96. The molecule has 3 aromatic rings. The number of rotatable bonds is 5. The van der Waals surface area contributed by atoms with E-state index >= 15 is 0 Å². The minimum Gasteiger partial charge on any atom is -0.497 e. The highest BCUT2D eigenvalue weighted by atomic mass is 35.5. The summed E-state index contributed by atoms with van der Waals surface area (Å²) in [7, 11) is 1.65. The van der Waals surface area contributed by atoms with Crippen LogP contribution >= 0.6 is 11.6 Å². The van der Waals surface area contributed by atoms with Gasteiger partial charge in [-0.3, -0.25) is 9.69 Å². The van der Waals surface area contributed by atoms with Crippen molar-refractivity contribution < 1.29 is 9.53 Å². The maximum absolute atomic E-state index is 13.3. The van der Waals surface area contributed by atoms with Gasteiger partial charge in [-0.2, -0.15) is 10.1 Å². The third kappa shape index (κ3) is 3.92. The van der Waals surface area contributed by atoms with Gasteiger partial charge in [-0.1, -0.05) is 49.7 Å². The first-order valence-electron chi connectivity index (χ1n) is 10.1. The number of methoxy groups -OCH3 is 1. The number of halogens is 1. The lowest BCUT2D eigenvalue weighted by molar-refractivity contribution is -0.120. The first-order chi connectivity index (χ1) is 14.5. The van der Waals surface area contributed by atoms with Crippen molar-refractivity contribution >= 4 is 23.5 Å². The van der Waals surface area contributed by atoms with Crippen LogP contribution in [0.4, 0.5) is 5.95 Å². The van der Waals surface area contributed by atoms with E-state index in [0.29, 0.717) is 23.8 Å². The van der Waals surface area contributed by atoms with Gasteiger partial charge in [0.05, 0.1) is 19.2 Å². The summed E-state index contributed by atoms with van der Waals surface area (Å²) in [6.45, 7) is 4.09. The summed E-state index contributed by atoms with van der Waals surface area (Å²) >= 11 is 6.10. The van der Waals surface area contributed by atoms with E-state index in [1.165, 1.54) is 6.33 Å². The van der Waals surface area contributed by atoms with E-state index in [2.05, 4.69) is 10.1 Å². The minimum absolute atomic E-state index is 0.0463. The zero-order valence-corrected chi connectivity index (χ0v) is 18.1. The number of hydrogen-bond acceptors (Lipinski definition) is 4. The summed E-state index contributed by atoms with van der Waals surface area (Å²) < 4.78 is 7.16. The Balaban J connectivity index is 1.80. The third-order valence-electron chi connectivity index (χ3n) is 5.43. The molecule has 6 nitrogen and oxygen atoms in total. The number of amides is 1. The van der Waals surface area contributed by atoms with Crippen LogP contribution in [0.5, 0.6) is 5.75 Å². The van der Waals surface area contributed by atoms with Crippen molar-refractivity contribution in [3.05, 3.63) is 71.0 Å². The van der Waals surface area contributed by atoms with Gasteiger partial charge in [0.1, 0.15) is 12.1 Å². The van der Waals surface area contributed by atoms with Crippen LogP contribution in [-0.2, 0) is 4.79 Å². The maximum Gasteiger partial charge on any atom is 0.231 e. The predicted octanol–water partition coefficient (Wildman–Crippen LogP) is 5.05. The molecule has 1 aliphatic rings. The molecule has 2 atom stereocenters. The molecule has 4 rings (SSSR count). The van der Waals surface area contributed by atoms with Crippen molar-refractivity contribution in [2.75, 3.05) is 12.0 Å². The minimum atomic E-state index is -0.153. The fourth-order valence-corrected chi connectivity index (χ4v) is 4.12. The van der Waals surface area contributed by atoms with Crippen molar-refractivity contribution in [1.82, 2.24) is 14.8 Å². The number of carbonyl (C=O) groups excluding carboxylic acids is 1. The number of ether oxygens (including phenoxy) is 1. The molecular formula is C23H25ClN4O2. The van der Waals surface area contributed by atoms with Crippen molar-refractivity contribution in [2.24, 2.45) is 5.92 Å². The van der Waals surface area contributed by atoms with E-state index < -0.39 is 0 Å². The van der Waals surface area contributed by atoms with Gasteiger partial charge < -0.3 is 4.74 Å². The molecule has 0 unspecified atom stereocenters. The van der Waals surface area contributed by atoms with Crippen molar-refractivity contribution in [1.29, 1.82) is 0 Å². The Morgan fingerprint density at radius 1 is 1.10 bits per heavy atom. The van der Waals surface area contributed by atoms with Crippen LogP contribution in [0.3, 0.4) is 0 Å². The summed E-state index contributed by atoms with van der Waals surface area (Å²) in [4.78, 5) is 19.5. The summed E-state index contributed by atoms with van der Waals surface area (Å²) in [5, 5.41) is 5.15. The van der Waals surface area contributed by atoms with Gasteiger partial charge in [0.25, 0.3) is 0 Å². The average molecular weight is 425 g/mol. The Morgan fingerprint density at radius 3 is 2.37 bits per heavy atom. The number of aromatic nitrogens is 3. The Hall–Kier alpha value is -2.86. The summed E-state index contributed by atoms with van der Waals surface area (Å²) in [6.07, 6.45) is 2.66. The molecule has 0 saturated carbocycles. The molecule has 0 saturated heterocycles. The number of hydrogen-bond donors (Lipinski definition) is 0. The van der Waals surface area contributed by atoms with Gasteiger partial charge in [0.15, 0.2) is 0 Å². The topological polar surface area (TPSA) is 60.2 Å². The molecule has 0 bridgehead atoms. The Kier molecular flexibility index (Phi) is 5.77. The highest BCUT2D eigenvalue weighted by Crippen LogP contribution is 2.42. The number of carbonyl (C=O) groups is 1. The van der Waals surface area contributed by atoms with Gasteiger partial charge in [-0.15, -0.1) is 0 Å². The second kappa shape index (κ2) is 8.48. The van der Waals surface area contributed by atoms with E-state index in [0.717, 1.165) is 16.9 Å². The fourth-order valence-electron chi connectivity index (χ4n) is 4.00. The van der Waals surface area contributed by atoms with Crippen molar-refractivity contribution in [3.63, 3.8) is 0 Å². The molecule has 0 N–H and O–H groups in total. The quantitative estimate of drug-likeness (QED) is 0.574. The normalized spacial score (nSPS) is 18.4. The molecular weight excluding hydrogens is 400 g/mol. The third-order valence-corrected chi connectivity index (χ3v) is 5.68. The molecule has 7 heteroatoms. The average Bonchev–Trinajstić information content (AvgIpc) is 3.22. The highest BCUT2D eigenvalue weighted by Gasteiger charge is 2.39. The van der Waals surface area contributed by atoms with E-state index in [-0.39, 0.29) is 23.9 Å². The van der Waals surface area contributed by atoms with Crippen molar-refractivity contribution in [2.45, 2.75) is 38.8 Å². The zero-order valence-electron chi connectivity index (χ0n) is 17.3. The van der Waals surface area contributed by atoms with Crippen LogP contribution in [0.15, 0.2) is 54.9 Å². The second-order valence-corrected chi connectivity index (χ2v) is 8.39. The number of nitrogens with zero attached hydrogens (tertiary/aromatic N) is 4. The van der Waals surface area contributed by atoms with Crippen LogP contribution in [0.1, 0.15) is 49.9 Å². The largest absolute Gasteiger partial charge is 0.497 e. The Morgan fingerprint density at radius 2 is 1.73 bits per heavy atom. The molecule has 0 fully saturated rings. The van der Waals surface area contributed by atoms with E-state index in [1.54, 1.807) is 12.0 Å². The molecule has 2 heterocycles. The van der Waals surface area contributed by atoms with Crippen LogP contribution in [0, 0.1) is 5.92 Å². The monoisotopic (exact) mass is 424 g/mol. The summed E-state index contributed by atoms with van der Waals surface area (Å²) in [6, 6.07) is 15.5. The molecule has 1 amide bonds. The number of anilines is 1. The molecule has 30 heavy (non-hydrogen) atoms. The van der Waals surface area contributed by atoms with E-state index in [4.69, 9.17) is 16.3 Å². The van der Waals surface area contributed by atoms with Crippen molar-refractivity contribution in [3.8, 4) is 5.75 Å². The van der Waals surface area contributed by atoms with Gasteiger partial charge in [0.2, 0.25) is 11.9 Å². The predicted molar refractivity (Wildman–Crippen MR) is 117 cm³/mol. The molecule has 0 radical (unpaired) electrons. The molecule has 0 spiro atoms.